The van der Waals surface area contributed by atoms with Crippen LogP contribution in [0.4, 0.5) is 5.69 Å². The topological polar surface area (TPSA) is 12.0 Å². The van der Waals surface area contributed by atoms with Crippen LogP contribution in [0.25, 0.3) is 10.4 Å². The van der Waals surface area contributed by atoms with Crippen molar-refractivity contribution in [3.63, 3.8) is 0 Å². The Morgan fingerprint density at radius 2 is 1.90 bits per heavy atom. The first-order chi connectivity index (χ1) is 10.3. The Labute approximate surface area is 134 Å². The minimum atomic E-state index is 0.330. The van der Waals surface area contributed by atoms with Gasteiger partial charge in [0.25, 0.3) is 0 Å². The van der Waals surface area contributed by atoms with Gasteiger partial charge in [-0.15, -0.1) is 22.7 Å². The lowest BCUT2D eigenvalue weighted by atomic mass is 10.1. The molecule has 2 heterocycles. The van der Waals surface area contributed by atoms with Crippen molar-refractivity contribution >= 4 is 28.4 Å². The lowest BCUT2D eigenvalue weighted by Gasteiger charge is -2.16. The van der Waals surface area contributed by atoms with Crippen molar-refractivity contribution in [3.05, 3.63) is 63.7 Å². The summed E-state index contributed by atoms with van der Waals surface area (Å²) in [7, 11) is 0. The Balaban J connectivity index is 1.85. The molecule has 1 nitrogen and oxygen atoms in total. The van der Waals surface area contributed by atoms with E-state index in [-0.39, 0.29) is 0 Å². The first-order valence-corrected chi connectivity index (χ1v) is 8.95. The van der Waals surface area contributed by atoms with E-state index in [1.165, 1.54) is 25.9 Å². The highest BCUT2D eigenvalue weighted by Crippen LogP contribution is 2.34. The molecule has 1 aromatic carbocycles. The number of aryl methyl sites for hydroxylation is 1. The molecule has 21 heavy (non-hydrogen) atoms. The van der Waals surface area contributed by atoms with E-state index in [9.17, 15) is 0 Å². The predicted molar refractivity (Wildman–Crippen MR) is 95.5 cm³/mol. The Kier molecular flexibility index (Phi) is 4.42. The summed E-state index contributed by atoms with van der Waals surface area (Å²) in [4.78, 5) is 4.16. The van der Waals surface area contributed by atoms with Gasteiger partial charge in [-0.05, 0) is 43.0 Å². The Bertz CT molecular complexity index is 698. The van der Waals surface area contributed by atoms with Gasteiger partial charge >= 0.3 is 0 Å². The van der Waals surface area contributed by atoms with Crippen LogP contribution in [0.1, 0.15) is 29.6 Å². The highest BCUT2D eigenvalue weighted by Gasteiger charge is 2.11. The fourth-order valence-corrected chi connectivity index (χ4v) is 4.10. The van der Waals surface area contributed by atoms with Crippen LogP contribution in [0.15, 0.2) is 53.9 Å². The molecule has 0 fully saturated rings. The van der Waals surface area contributed by atoms with Crippen LogP contribution in [0.5, 0.6) is 0 Å². The number of para-hydroxylation sites is 1. The SMILES string of the molecule is CCc1ccc(C(C)Nc2ccccc2-c2cccs2)s1. The molecule has 2 aromatic heterocycles. The first kappa shape index (κ1) is 14.4. The Hall–Kier alpha value is -1.58. The minimum Gasteiger partial charge on any atom is -0.377 e. The van der Waals surface area contributed by atoms with Gasteiger partial charge in [0.05, 0.1) is 6.04 Å². The summed E-state index contributed by atoms with van der Waals surface area (Å²) in [6, 6.07) is 17.6. The molecule has 1 N–H and O–H groups in total. The molecule has 0 aliphatic rings. The molecule has 0 aliphatic carbocycles. The quantitative estimate of drug-likeness (QED) is 0.590. The van der Waals surface area contributed by atoms with Crippen LogP contribution in [0, 0.1) is 0 Å². The van der Waals surface area contributed by atoms with Crippen molar-refractivity contribution in [3.8, 4) is 10.4 Å². The molecular weight excluding hydrogens is 294 g/mol. The summed E-state index contributed by atoms with van der Waals surface area (Å²) >= 11 is 3.69. The van der Waals surface area contributed by atoms with Crippen LogP contribution < -0.4 is 5.32 Å². The molecule has 0 saturated carbocycles. The van der Waals surface area contributed by atoms with E-state index < -0.39 is 0 Å². The van der Waals surface area contributed by atoms with Crippen molar-refractivity contribution in [2.45, 2.75) is 26.3 Å². The van der Waals surface area contributed by atoms with Crippen LogP contribution in [-0.2, 0) is 6.42 Å². The highest BCUT2D eigenvalue weighted by atomic mass is 32.1. The van der Waals surface area contributed by atoms with Gasteiger partial charge in [-0.1, -0.05) is 31.2 Å². The largest absolute Gasteiger partial charge is 0.377 e. The zero-order valence-electron chi connectivity index (χ0n) is 12.3. The van der Waals surface area contributed by atoms with Gasteiger partial charge in [-0.2, -0.15) is 0 Å². The fourth-order valence-electron chi connectivity index (χ4n) is 2.38. The summed E-state index contributed by atoms with van der Waals surface area (Å²) in [5, 5.41) is 5.80. The number of hydrogen-bond donors (Lipinski definition) is 1. The predicted octanol–water partition coefficient (Wildman–Crippen LogP) is 6.21. The fraction of sp³-hybridized carbons (Fsp3) is 0.222. The van der Waals surface area contributed by atoms with E-state index in [0.717, 1.165) is 6.42 Å². The average molecular weight is 313 g/mol. The summed E-state index contributed by atoms with van der Waals surface area (Å²) in [5.74, 6) is 0. The van der Waals surface area contributed by atoms with Crippen molar-refractivity contribution in [2.75, 3.05) is 5.32 Å². The standard InChI is InChI=1S/C18H19NS2/c1-3-14-10-11-17(21-14)13(2)19-16-8-5-4-7-15(16)18-9-6-12-20-18/h4-13,19H,3H2,1-2H3. The summed E-state index contributed by atoms with van der Waals surface area (Å²) in [6.45, 7) is 4.44. The second-order valence-corrected chi connectivity index (χ2v) is 7.19. The number of rotatable bonds is 5. The molecule has 0 spiro atoms. The summed E-state index contributed by atoms with van der Waals surface area (Å²) in [6.07, 6.45) is 1.11. The van der Waals surface area contributed by atoms with Gasteiger partial charge in [-0.3, -0.25) is 0 Å². The molecule has 0 radical (unpaired) electrons. The Morgan fingerprint density at radius 1 is 1.05 bits per heavy atom. The van der Waals surface area contributed by atoms with Crippen LogP contribution in [-0.4, -0.2) is 0 Å². The van der Waals surface area contributed by atoms with Gasteiger partial charge in [0, 0.05) is 25.9 Å². The minimum absolute atomic E-state index is 0.330. The van der Waals surface area contributed by atoms with E-state index in [4.69, 9.17) is 0 Å². The first-order valence-electron chi connectivity index (χ1n) is 7.26. The van der Waals surface area contributed by atoms with Crippen LogP contribution in [0.2, 0.25) is 0 Å². The maximum atomic E-state index is 3.67. The smallest absolute Gasteiger partial charge is 0.0578 e. The van der Waals surface area contributed by atoms with Crippen molar-refractivity contribution in [1.29, 1.82) is 0 Å². The maximum Gasteiger partial charge on any atom is 0.0578 e. The summed E-state index contributed by atoms with van der Waals surface area (Å²) < 4.78 is 0. The molecule has 3 aromatic rings. The molecular formula is C18H19NS2. The molecule has 0 bridgehead atoms. The summed E-state index contributed by atoms with van der Waals surface area (Å²) in [5.41, 5.74) is 2.49. The molecule has 108 valence electrons. The molecule has 0 aliphatic heterocycles. The molecule has 3 heteroatoms. The molecule has 3 rings (SSSR count). The highest BCUT2D eigenvalue weighted by molar-refractivity contribution is 7.13. The number of anilines is 1. The zero-order valence-corrected chi connectivity index (χ0v) is 13.9. The average Bonchev–Trinajstić information content (AvgIpc) is 3.19. The van der Waals surface area contributed by atoms with Crippen molar-refractivity contribution in [1.82, 2.24) is 0 Å². The molecule has 0 amide bonds. The second-order valence-electron chi connectivity index (χ2n) is 5.05. The van der Waals surface area contributed by atoms with Crippen LogP contribution in [0.3, 0.4) is 0 Å². The maximum absolute atomic E-state index is 3.67. The normalized spacial score (nSPS) is 12.3. The third kappa shape index (κ3) is 3.20. The molecule has 1 unspecified atom stereocenters. The van der Waals surface area contributed by atoms with Crippen molar-refractivity contribution in [2.24, 2.45) is 0 Å². The van der Waals surface area contributed by atoms with E-state index in [1.54, 1.807) is 11.3 Å². The van der Waals surface area contributed by atoms with Gasteiger partial charge in [0.15, 0.2) is 0 Å². The van der Waals surface area contributed by atoms with Crippen LogP contribution >= 0.6 is 22.7 Å². The third-order valence-corrected chi connectivity index (χ3v) is 5.86. The lowest BCUT2D eigenvalue weighted by Crippen LogP contribution is -2.05. The van der Waals surface area contributed by atoms with E-state index in [1.807, 2.05) is 11.3 Å². The number of hydrogen-bond acceptors (Lipinski definition) is 3. The molecule has 0 saturated heterocycles. The van der Waals surface area contributed by atoms with E-state index >= 15 is 0 Å². The monoisotopic (exact) mass is 313 g/mol. The van der Waals surface area contributed by atoms with E-state index in [2.05, 4.69) is 73.1 Å². The van der Waals surface area contributed by atoms with Gasteiger partial charge in [-0.25, -0.2) is 0 Å². The number of nitrogens with one attached hydrogen (secondary N) is 1. The Morgan fingerprint density at radius 3 is 2.62 bits per heavy atom. The zero-order chi connectivity index (χ0) is 14.7. The second kappa shape index (κ2) is 6.46. The van der Waals surface area contributed by atoms with Gasteiger partial charge in [0.2, 0.25) is 0 Å². The van der Waals surface area contributed by atoms with E-state index in [0.29, 0.717) is 6.04 Å². The number of thiophene rings is 2. The molecule has 1 atom stereocenters. The number of benzene rings is 1. The third-order valence-electron chi connectivity index (χ3n) is 3.54. The van der Waals surface area contributed by atoms with Gasteiger partial charge in [0.1, 0.15) is 0 Å². The lowest BCUT2D eigenvalue weighted by molar-refractivity contribution is 0.909. The van der Waals surface area contributed by atoms with Crippen molar-refractivity contribution < 1.29 is 0 Å². The van der Waals surface area contributed by atoms with Gasteiger partial charge < -0.3 is 5.32 Å².